The van der Waals surface area contributed by atoms with Gasteiger partial charge in [0.25, 0.3) is 0 Å². The van der Waals surface area contributed by atoms with Gasteiger partial charge < -0.3 is 11.1 Å². The molecule has 0 aliphatic rings. The first-order chi connectivity index (χ1) is 8.06. The maximum absolute atomic E-state index is 13.2. The molecule has 0 bridgehead atoms. The molecule has 0 atom stereocenters. The molecule has 0 amide bonds. The highest BCUT2D eigenvalue weighted by molar-refractivity contribution is 6.33. The van der Waals surface area contributed by atoms with Crippen LogP contribution in [-0.4, -0.2) is 0 Å². The zero-order valence-electron chi connectivity index (χ0n) is 9.30. The van der Waals surface area contributed by atoms with Crippen molar-refractivity contribution in [3.05, 3.63) is 52.8 Å². The maximum Gasteiger partial charge on any atom is 0.127 e. The third-order valence-corrected chi connectivity index (χ3v) is 2.73. The third-order valence-electron chi connectivity index (χ3n) is 2.41. The predicted octanol–water partition coefficient (Wildman–Crippen LogP) is 4.11. The predicted molar refractivity (Wildman–Crippen MR) is 70.3 cm³/mol. The van der Waals surface area contributed by atoms with Crippen molar-refractivity contribution < 1.29 is 4.39 Å². The fraction of sp³-hybridized carbons (Fsp3) is 0.0769. The van der Waals surface area contributed by atoms with Crippen molar-refractivity contribution in [2.45, 2.75) is 6.92 Å². The molecule has 0 radical (unpaired) electrons. The fourth-order valence-corrected chi connectivity index (χ4v) is 1.72. The lowest BCUT2D eigenvalue weighted by molar-refractivity contribution is 0.619. The first kappa shape index (κ1) is 11.7. The van der Waals surface area contributed by atoms with Crippen LogP contribution in [0.4, 0.5) is 21.5 Å². The topological polar surface area (TPSA) is 38.0 Å². The van der Waals surface area contributed by atoms with Gasteiger partial charge in [-0.1, -0.05) is 17.7 Å². The highest BCUT2D eigenvalue weighted by Crippen LogP contribution is 2.28. The van der Waals surface area contributed by atoms with Crippen LogP contribution >= 0.6 is 11.6 Å². The Morgan fingerprint density at radius 2 is 2.00 bits per heavy atom. The molecular formula is C13H12ClFN2. The lowest BCUT2D eigenvalue weighted by atomic mass is 10.2. The van der Waals surface area contributed by atoms with Gasteiger partial charge in [-0.05, 0) is 42.8 Å². The van der Waals surface area contributed by atoms with E-state index in [0.717, 1.165) is 5.69 Å². The number of benzene rings is 2. The van der Waals surface area contributed by atoms with Crippen molar-refractivity contribution in [1.82, 2.24) is 0 Å². The molecule has 0 aliphatic carbocycles. The number of rotatable bonds is 2. The molecule has 2 aromatic rings. The molecule has 2 aromatic carbocycles. The monoisotopic (exact) mass is 250 g/mol. The molecule has 0 fully saturated rings. The number of nitrogens with one attached hydrogen (secondary N) is 1. The van der Waals surface area contributed by atoms with E-state index in [9.17, 15) is 4.39 Å². The van der Waals surface area contributed by atoms with E-state index < -0.39 is 0 Å². The zero-order valence-corrected chi connectivity index (χ0v) is 10.1. The highest BCUT2D eigenvalue weighted by Gasteiger charge is 2.06. The average molecular weight is 251 g/mol. The lowest BCUT2D eigenvalue weighted by Gasteiger charge is -2.10. The van der Waals surface area contributed by atoms with Crippen molar-refractivity contribution in [3.63, 3.8) is 0 Å². The molecule has 0 spiro atoms. The van der Waals surface area contributed by atoms with E-state index in [-0.39, 0.29) is 5.82 Å². The van der Waals surface area contributed by atoms with E-state index in [0.29, 0.717) is 22.0 Å². The maximum atomic E-state index is 13.2. The van der Waals surface area contributed by atoms with Gasteiger partial charge in [0.2, 0.25) is 0 Å². The summed E-state index contributed by atoms with van der Waals surface area (Å²) >= 11 is 5.96. The van der Waals surface area contributed by atoms with Crippen LogP contribution in [0.2, 0.25) is 5.02 Å². The minimum atomic E-state index is -0.312. The van der Waals surface area contributed by atoms with Gasteiger partial charge >= 0.3 is 0 Å². The third kappa shape index (κ3) is 2.68. The Hall–Kier alpha value is -1.74. The van der Waals surface area contributed by atoms with Crippen LogP contribution < -0.4 is 11.1 Å². The smallest absolute Gasteiger partial charge is 0.127 e. The van der Waals surface area contributed by atoms with E-state index in [1.54, 1.807) is 25.1 Å². The normalized spacial score (nSPS) is 10.3. The second-order valence-corrected chi connectivity index (χ2v) is 4.24. The number of nitrogens with two attached hydrogens (primary N) is 1. The molecule has 88 valence electrons. The zero-order chi connectivity index (χ0) is 12.4. The van der Waals surface area contributed by atoms with Crippen LogP contribution in [0, 0.1) is 12.7 Å². The molecule has 0 heterocycles. The van der Waals surface area contributed by atoms with E-state index in [4.69, 9.17) is 17.3 Å². The number of halogens is 2. The van der Waals surface area contributed by atoms with E-state index >= 15 is 0 Å². The summed E-state index contributed by atoms with van der Waals surface area (Å²) in [5.41, 5.74) is 8.35. The molecule has 0 saturated carbocycles. The summed E-state index contributed by atoms with van der Waals surface area (Å²) in [4.78, 5) is 0. The Balaban J connectivity index is 2.33. The fourth-order valence-electron chi connectivity index (χ4n) is 1.52. The quantitative estimate of drug-likeness (QED) is 0.787. The highest BCUT2D eigenvalue weighted by atomic mass is 35.5. The first-order valence-electron chi connectivity index (χ1n) is 5.14. The Bertz CT molecular complexity index is 555. The minimum Gasteiger partial charge on any atom is -0.399 e. The van der Waals surface area contributed by atoms with Crippen molar-refractivity contribution in [1.29, 1.82) is 0 Å². The second-order valence-electron chi connectivity index (χ2n) is 3.83. The largest absolute Gasteiger partial charge is 0.399 e. The van der Waals surface area contributed by atoms with Gasteiger partial charge in [-0.15, -0.1) is 0 Å². The molecule has 17 heavy (non-hydrogen) atoms. The minimum absolute atomic E-state index is 0.312. The van der Waals surface area contributed by atoms with Crippen molar-refractivity contribution in [2.75, 3.05) is 11.1 Å². The second kappa shape index (κ2) is 4.63. The SMILES string of the molecule is Cc1cc(Nc2cccc(N)c2)c(Cl)cc1F. The summed E-state index contributed by atoms with van der Waals surface area (Å²) < 4.78 is 13.2. The average Bonchev–Trinajstić information content (AvgIpc) is 2.26. The summed E-state index contributed by atoms with van der Waals surface area (Å²) in [5.74, 6) is -0.312. The van der Waals surface area contributed by atoms with Gasteiger partial charge in [0, 0.05) is 11.4 Å². The molecule has 0 unspecified atom stereocenters. The standard InChI is InChI=1S/C13H12ClFN2/c1-8-5-13(11(14)7-12(8)15)17-10-4-2-3-9(16)6-10/h2-7,17H,16H2,1H3. The number of anilines is 3. The lowest BCUT2D eigenvalue weighted by Crippen LogP contribution is -1.95. The van der Waals surface area contributed by atoms with E-state index in [2.05, 4.69) is 5.32 Å². The van der Waals surface area contributed by atoms with Crippen LogP contribution in [0.3, 0.4) is 0 Å². The van der Waals surface area contributed by atoms with E-state index in [1.165, 1.54) is 6.07 Å². The van der Waals surface area contributed by atoms with Gasteiger partial charge in [-0.2, -0.15) is 0 Å². The summed E-state index contributed by atoms with van der Waals surface area (Å²) in [6.45, 7) is 1.69. The van der Waals surface area contributed by atoms with Gasteiger partial charge in [0.05, 0.1) is 10.7 Å². The van der Waals surface area contributed by atoms with Gasteiger partial charge in [-0.3, -0.25) is 0 Å². The summed E-state index contributed by atoms with van der Waals surface area (Å²) in [6.07, 6.45) is 0. The number of hydrogen-bond acceptors (Lipinski definition) is 2. The Morgan fingerprint density at radius 1 is 1.24 bits per heavy atom. The first-order valence-corrected chi connectivity index (χ1v) is 5.52. The van der Waals surface area contributed by atoms with Crippen LogP contribution in [0.1, 0.15) is 5.56 Å². The summed E-state index contributed by atoms with van der Waals surface area (Å²) in [5, 5.41) is 3.45. The van der Waals surface area contributed by atoms with Crippen LogP contribution in [-0.2, 0) is 0 Å². The molecule has 2 rings (SSSR count). The Labute approximate surface area is 104 Å². The van der Waals surface area contributed by atoms with Crippen molar-refractivity contribution in [2.24, 2.45) is 0 Å². The molecular weight excluding hydrogens is 239 g/mol. The molecule has 4 heteroatoms. The summed E-state index contributed by atoms with van der Waals surface area (Å²) in [6, 6.07) is 10.2. The van der Waals surface area contributed by atoms with Gasteiger partial charge in [0.1, 0.15) is 5.82 Å². The Morgan fingerprint density at radius 3 is 2.71 bits per heavy atom. The summed E-state index contributed by atoms with van der Waals surface area (Å²) in [7, 11) is 0. The number of hydrogen-bond donors (Lipinski definition) is 2. The van der Waals surface area contributed by atoms with Crippen LogP contribution in [0.5, 0.6) is 0 Å². The Kier molecular flexibility index (Phi) is 3.20. The van der Waals surface area contributed by atoms with Crippen molar-refractivity contribution >= 4 is 28.7 Å². The molecule has 0 aromatic heterocycles. The van der Waals surface area contributed by atoms with Gasteiger partial charge in [-0.25, -0.2) is 4.39 Å². The van der Waals surface area contributed by atoms with Gasteiger partial charge in [0.15, 0.2) is 0 Å². The van der Waals surface area contributed by atoms with Crippen molar-refractivity contribution in [3.8, 4) is 0 Å². The molecule has 2 nitrogen and oxygen atoms in total. The van der Waals surface area contributed by atoms with E-state index in [1.807, 2.05) is 12.1 Å². The number of nitrogen functional groups attached to an aromatic ring is 1. The molecule has 3 N–H and O–H groups in total. The molecule has 0 aliphatic heterocycles. The van der Waals surface area contributed by atoms with Crippen LogP contribution in [0.15, 0.2) is 36.4 Å². The molecule has 0 saturated heterocycles. The number of aryl methyl sites for hydroxylation is 1. The van der Waals surface area contributed by atoms with Crippen LogP contribution in [0.25, 0.3) is 0 Å².